The minimum absolute atomic E-state index is 0.603. The lowest BCUT2D eigenvalue weighted by Crippen LogP contribution is -2.13. The molecule has 3 rings (SSSR count). The van der Waals surface area contributed by atoms with Crippen molar-refractivity contribution in [2.24, 2.45) is 0 Å². The van der Waals surface area contributed by atoms with Crippen molar-refractivity contribution in [3.05, 3.63) is 47.8 Å². The summed E-state index contributed by atoms with van der Waals surface area (Å²) in [4.78, 5) is 0. The SMILES string of the molecule is CCCNCc1cn(Cc2nnc(C)o2)c2ccccc12. The fraction of sp³-hybridized carbons (Fsp3) is 0.375. The molecule has 0 fully saturated rings. The fourth-order valence-electron chi connectivity index (χ4n) is 2.54. The van der Waals surface area contributed by atoms with Crippen molar-refractivity contribution in [2.75, 3.05) is 6.54 Å². The van der Waals surface area contributed by atoms with Crippen LogP contribution in [-0.2, 0) is 13.1 Å². The van der Waals surface area contributed by atoms with Crippen LogP contribution in [0.2, 0.25) is 0 Å². The van der Waals surface area contributed by atoms with Crippen molar-refractivity contribution in [2.45, 2.75) is 33.4 Å². The second-order valence-corrected chi connectivity index (χ2v) is 5.19. The van der Waals surface area contributed by atoms with E-state index in [-0.39, 0.29) is 0 Å². The van der Waals surface area contributed by atoms with E-state index in [1.807, 2.05) is 6.92 Å². The minimum Gasteiger partial charge on any atom is -0.424 e. The van der Waals surface area contributed by atoms with Crippen LogP contribution in [0.25, 0.3) is 10.9 Å². The Morgan fingerprint density at radius 2 is 2.10 bits per heavy atom. The minimum atomic E-state index is 0.603. The van der Waals surface area contributed by atoms with Crippen LogP contribution < -0.4 is 5.32 Å². The van der Waals surface area contributed by atoms with Gasteiger partial charge in [0.05, 0.1) is 0 Å². The molecule has 1 aromatic carbocycles. The van der Waals surface area contributed by atoms with E-state index >= 15 is 0 Å². The number of hydrogen-bond donors (Lipinski definition) is 1. The molecule has 21 heavy (non-hydrogen) atoms. The molecule has 110 valence electrons. The van der Waals surface area contributed by atoms with Gasteiger partial charge >= 0.3 is 0 Å². The molecule has 2 aromatic heterocycles. The lowest BCUT2D eigenvalue weighted by molar-refractivity contribution is 0.457. The van der Waals surface area contributed by atoms with Gasteiger partial charge in [-0.3, -0.25) is 0 Å². The van der Waals surface area contributed by atoms with Gasteiger partial charge in [0.15, 0.2) is 0 Å². The summed E-state index contributed by atoms with van der Waals surface area (Å²) in [6.45, 7) is 6.50. The molecule has 3 aromatic rings. The molecule has 2 heterocycles. The number of aromatic nitrogens is 3. The van der Waals surface area contributed by atoms with E-state index in [0.29, 0.717) is 18.3 Å². The Kier molecular flexibility index (Phi) is 4.01. The molecule has 0 saturated heterocycles. The number of fused-ring (bicyclic) bond motifs is 1. The van der Waals surface area contributed by atoms with Crippen LogP contribution in [0.5, 0.6) is 0 Å². The molecule has 0 unspecified atom stereocenters. The summed E-state index contributed by atoms with van der Waals surface area (Å²) in [5.74, 6) is 1.24. The molecule has 0 amide bonds. The standard InChI is InChI=1S/C16H20N4O/c1-3-8-17-9-13-10-20(11-16-19-18-12(2)21-16)15-7-5-4-6-14(13)15/h4-7,10,17H,3,8-9,11H2,1-2H3. The zero-order valence-electron chi connectivity index (χ0n) is 12.5. The van der Waals surface area contributed by atoms with Gasteiger partial charge in [-0.05, 0) is 24.6 Å². The zero-order valence-corrected chi connectivity index (χ0v) is 12.5. The largest absolute Gasteiger partial charge is 0.424 e. The van der Waals surface area contributed by atoms with Gasteiger partial charge in [-0.2, -0.15) is 0 Å². The molecular weight excluding hydrogens is 264 g/mol. The highest BCUT2D eigenvalue weighted by molar-refractivity contribution is 5.84. The van der Waals surface area contributed by atoms with E-state index in [2.05, 4.69) is 57.5 Å². The second kappa shape index (κ2) is 6.10. The Bertz CT molecular complexity index is 729. The van der Waals surface area contributed by atoms with Crippen molar-refractivity contribution in [1.82, 2.24) is 20.1 Å². The molecule has 0 saturated carbocycles. The third-order valence-corrected chi connectivity index (χ3v) is 3.49. The quantitative estimate of drug-likeness (QED) is 0.707. The molecule has 5 nitrogen and oxygen atoms in total. The summed E-state index contributed by atoms with van der Waals surface area (Å²) in [6.07, 6.45) is 3.31. The molecule has 0 aliphatic carbocycles. The van der Waals surface area contributed by atoms with Gasteiger partial charge in [0.2, 0.25) is 11.8 Å². The maximum absolute atomic E-state index is 5.49. The molecule has 1 N–H and O–H groups in total. The number of nitrogens with zero attached hydrogens (tertiary/aromatic N) is 3. The van der Waals surface area contributed by atoms with Crippen LogP contribution in [0.4, 0.5) is 0 Å². The van der Waals surface area contributed by atoms with Crippen LogP contribution in [0.15, 0.2) is 34.9 Å². The molecule has 0 aliphatic rings. The predicted octanol–water partition coefficient (Wildman–Crippen LogP) is 2.88. The van der Waals surface area contributed by atoms with Gasteiger partial charge in [0.25, 0.3) is 0 Å². The van der Waals surface area contributed by atoms with Gasteiger partial charge in [-0.1, -0.05) is 25.1 Å². The van der Waals surface area contributed by atoms with E-state index in [1.54, 1.807) is 0 Å². The third kappa shape index (κ3) is 2.97. The summed E-state index contributed by atoms with van der Waals surface area (Å²) in [5.41, 5.74) is 2.50. The van der Waals surface area contributed by atoms with Gasteiger partial charge < -0.3 is 14.3 Å². The van der Waals surface area contributed by atoms with Gasteiger partial charge in [-0.15, -0.1) is 10.2 Å². The number of para-hydroxylation sites is 1. The van der Waals surface area contributed by atoms with Gasteiger partial charge in [0.1, 0.15) is 6.54 Å². The van der Waals surface area contributed by atoms with Crippen LogP contribution in [0.3, 0.4) is 0 Å². The highest BCUT2D eigenvalue weighted by Gasteiger charge is 2.10. The van der Waals surface area contributed by atoms with E-state index < -0.39 is 0 Å². The number of nitrogens with one attached hydrogen (secondary N) is 1. The first-order chi connectivity index (χ1) is 10.3. The summed E-state index contributed by atoms with van der Waals surface area (Å²) < 4.78 is 7.66. The smallest absolute Gasteiger partial charge is 0.236 e. The van der Waals surface area contributed by atoms with Crippen molar-refractivity contribution in [1.29, 1.82) is 0 Å². The third-order valence-electron chi connectivity index (χ3n) is 3.49. The summed E-state index contributed by atoms with van der Waals surface area (Å²) >= 11 is 0. The summed E-state index contributed by atoms with van der Waals surface area (Å²) in [6, 6.07) is 8.42. The van der Waals surface area contributed by atoms with Crippen molar-refractivity contribution in [3.63, 3.8) is 0 Å². The second-order valence-electron chi connectivity index (χ2n) is 5.19. The summed E-state index contributed by atoms with van der Waals surface area (Å²) in [7, 11) is 0. The molecule has 0 aliphatic heterocycles. The lowest BCUT2D eigenvalue weighted by Gasteiger charge is -2.00. The van der Waals surface area contributed by atoms with Crippen LogP contribution >= 0.6 is 0 Å². The Labute approximate surface area is 124 Å². The average Bonchev–Trinajstić information content (AvgIpc) is 3.05. The molecule has 0 spiro atoms. The molecular formula is C16H20N4O. The number of benzene rings is 1. The van der Waals surface area contributed by atoms with E-state index in [9.17, 15) is 0 Å². The normalized spacial score (nSPS) is 11.3. The Balaban J connectivity index is 1.90. The first kappa shape index (κ1) is 13.8. The number of aryl methyl sites for hydroxylation is 1. The Morgan fingerprint density at radius 1 is 1.24 bits per heavy atom. The van der Waals surface area contributed by atoms with Crippen LogP contribution in [0, 0.1) is 6.92 Å². The van der Waals surface area contributed by atoms with E-state index in [1.165, 1.54) is 16.5 Å². The van der Waals surface area contributed by atoms with E-state index in [0.717, 1.165) is 19.5 Å². The van der Waals surface area contributed by atoms with Gasteiger partial charge in [0, 0.05) is 30.6 Å². The fourth-order valence-corrected chi connectivity index (χ4v) is 2.54. The van der Waals surface area contributed by atoms with Crippen molar-refractivity contribution >= 4 is 10.9 Å². The van der Waals surface area contributed by atoms with E-state index in [4.69, 9.17) is 4.42 Å². The first-order valence-corrected chi connectivity index (χ1v) is 7.34. The van der Waals surface area contributed by atoms with Crippen molar-refractivity contribution < 1.29 is 4.42 Å². The van der Waals surface area contributed by atoms with Crippen LogP contribution in [-0.4, -0.2) is 21.3 Å². The maximum atomic E-state index is 5.49. The first-order valence-electron chi connectivity index (χ1n) is 7.34. The monoisotopic (exact) mass is 284 g/mol. The summed E-state index contributed by atoms with van der Waals surface area (Å²) in [5, 5.41) is 12.7. The van der Waals surface area contributed by atoms with Crippen molar-refractivity contribution in [3.8, 4) is 0 Å². The van der Waals surface area contributed by atoms with Gasteiger partial charge in [-0.25, -0.2) is 0 Å². The Morgan fingerprint density at radius 3 is 2.86 bits per heavy atom. The molecule has 0 bridgehead atoms. The number of hydrogen-bond acceptors (Lipinski definition) is 4. The Hall–Kier alpha value is -2.14. The lowest BCUT2D eigenvalue weighted by atomic mass is 10.2. The average molecular weight is 284 g/mol. The highest BCUT2D eigenvalue weighted by atomic mass is 16.4. The molecule has 0 atom stereocenters. The molecule has 5 heteroatoms. The molecule has 0 radical (unpaired) electrons. The predicted molar refractivity (Wildman–Crippen MR) is 82.1 cm³/mol. The number of rotatable bonds is 6. The van der Waals surface area contributed by atoms with Crippen LogP contribution in [0.1, 0.15) is 30.7 Å². The highest BCUT2D eigenvalue weighted by Crippen LogP contribution is 2.22. The maximum Gasteiger partial charge on any atom is 0.236 e. The topological polar surface area (TPSA) is 55.9 Å². The zero-order chi connectivity index (χ0) is 14.7.